The first kappa shape index (κ1) is 20.5. The number of urea groups is 1. The zero-order chi connectivity index (χ0) is 22.1. The monoisotopic (exact) mass is 424 g/mol. The van der Waals surface area contributed by atoms with Crippen LogP contribution < -0.4 is 15.5 Å². The molecule has 0 fully saturated rings. The van der Waals surface area contributed by atoms with E-state index in [4.69, 9.17) is 0 Å². The molecule has 0 aromatic heterocycles. The second-order valence-electron chi connectivity index (χ2n) is 7.10. The summed E-state index contributed by atoms with van der Waals surface area (Å²) in [6.45, 7) is 1.77. The molecule has 0 saturated carbocycles. The third-order valence-electron chi connectivity index (χ3n) is 4.90. The largest absolute Gasteiger partial charge is 0.437 e. The van der Waals surface area contributed by atoms with E-state index in [9.17, 15) is 18.0 Å². The van der Waals surface area contributed by atoms with Crippen LogP contribution in [0.2, 0.25) is 0 Å². The van der Waals surface area contributed by atoms with Gasteiger partial charge in [-0.25, -0.2) is 14.7 Å². The molecular formula is C23H19F3N4O. The van der Waals surface area contributed by atoms with Crippen molar-refractivity contribution in [2.75, 3.05) is 10.2 Å². The number of benzene rings is 3. The van der Waals surface area contributed by atoms with E-state index >= 15 is 0 Å². The molecule has 4 rings (SSSR count). The Morgan fingerprint density at radius 2 is 1.48 bits per heavy atom. The Morgan fingerprint density at radius 1 is 0.903 bits per heavy atom. The summed E-state index contributed by atoms with van der Waals surface area (Å²) >= 11 is 0. The minimum Gasteiger partial charge on any atom is -0.325 e. The normalized spacial score (nSPS) is 18.9. The van der Waals surface area contributed by atoms with Gasteiger partial charge in [0.05, 0.1) is 5.69 Å². The van der Waals surface area contributed by atoms with Crippen molar-refractivity contribution in [1.82, 2.24) is 5.32 Å². The van der Waals surface area contributed by atoms with Gasteiger partial charge in [0.2, 0.25) is 5.96 Å². The molecule has 3 aromatic carbocycles. The summed E-state index contributed by atoms with van der Waals surface area (Å²) in [5.41, 5.74) is -1.45. The third kappa shape index (κ3) is 3.84. The number of anilines is 2. The van der Waals surface area contributed by atoms with E-state index in [-0.39, 0.29) is 11.5 Å². The smallest absolute Gasteiger partial charge is 0.325 e. The van der Waals surface area contributed by atoms with Gasteiger partial charge in [0, 0.05) is 11.3 Å². The van der Waals surface area contributed by atoms with Crippen LogP contribution in [0.3, 0.4) is 0 Å². The molecule has 1 atom stereocenters. The Kier molecular flexibility index (Phi) is 5.14. The first-order valence-electron chi connectivity index (χ1n) is 9.53. The minimum atomic E-state index is -4.88. The van der Waals surface area contributed by atoms with Gasteiger partial charge in [-0.05, 0) is 31.2 Å². The highest BCUT2D eigenvalue weighted by atomic mass is 19.4. The van der Waals surface area contributed by atoms with Gasteiger partial charge < -0.3 is 10.6 Å². The van der Waals surface area contributed by atoms with Gasteiger partial charge >= 0.3 is 12.2 Å². The molecule has 0 aliphatic carbocycles. The number of para-hydroxylation sites is 2. The lowest BCUT2D eigenvalue weighted by Crippen LogP contribution is -2.64. The molecule has 0 unspecified atom stereocenters. The average molecular weight is 424 g/mol. The maximum Gasteiger partial charge on any atom is 0.437 e. The zero-order valence-corrected chi connectivity index (χ0v) is 16.5. The predicted molar refractivity (Wildman–Crippen MR) is 114 cm³/mol. The first-order chi connectivity index (χ1) is 14.8. The van der Waals surface area contributed by atoms with Crippen LogP contribution in [0.15, 0.2) is 89.9 Å². The Labute approximate surface area is 177 Å². The number of nitrogens with one attached hydrogen (secondary N) is 2. The summed E-state index contributed by atoms with van der Waals surface area (Å²) in [5.74, 6) is -0.237. The summed E-state index contributed by atoms with van der Waals surface area (Å²) in [6, 6.07) is 21.8. The van der Waals surface area contributed by atoms with Crippen molar-refractivity contribution in [3.8, 4) is 0 Å². The predicted octanol–water partition coefficient (Wildman–Crippen LogP) is 5.41. The second-order valence-corrected chi connectivity index (χ2v) is 7.10. The molecule has 3 aromatic rings. The number of halogens is 3. The van der Waals surface area contributed by atoms with Gasteiger partial charge in [0.15, 0.2) is 0 Å². The van der Waals surface area contributed by atoms with E-state index in [2.05, 4.69) is 15.6 Å². The lowest BCUT2D eigenvalue weighted by atomic mass is 9.97. The molecule has 8 heteroatoms. The number of aliphatic imine (C=N–C) groups is 1. The van der Waals surface area contributed by atoms with Crippen molar-refractivity contribution in [1.29, 1.82) is 0 Å². The fourth-order valence-corrected chi connectivity index (χ4v) is 3.32. The fraction of sp³-hybridized carbons (Fsp3) is 0.130. The SMILES string of the molecule is Cc1ccc([C@]2(C(F)(F)F)N=C(Nc3ccccc3)N(c3ccccc3)C(=O)N2)cc1. The highest BCUT2D eigenvalue weighted by molar-refractivity contribution is 6.21. The van der Waals surface area contributed by atoms with Gasteiger partial charge in [0.25, 0.3) is 5.66 Å². The molecule has 158 valence electrons. The van der Waals surface area contributed by atoms with Gasteiger partial charge in [-0.2, -0.15) is 13.2 Å². The lowest BCUT2D eigenvalue weighted by Gasteiger charge is -2.40. The number of hydrogen-bond acceptors (Lipinski definition) is 3. The van der Waals surface area contributed by atoms with Crippen LogP contribution in [0.1, 0.15) is 11.1 Å². The van der Waals surface area contributed by atoms with Gasteiger partial charge in [-0.15, -0.1) is 0 Å². The van der Waals surface area contributed by atoms with Gasteiger partial charge in [-0.1, -0.05) is 66.2 Å². The molecular weight excluding hydrogens is 405 g/mol. The van der Waals surface area contributed by atoms with Crippen LogP contribution in [0, 0.1) is 6.92 Å². The topological polar surface area (TPSA) is 56.7 Å². The van der Waals surface area contributed by atoms with Crippen molar-refractivity contribution in [2.24, 2.45) is 4.99 Å². The van der Waals surface area contributed by atoms with E-state index in [0.29, 0.717) is 11.4 Å². The molecule has 1 heterocycles. The van der Waals surface area contributed by atoms with Gasteiger partial charge in [-0.3, -0.25) is 0 Å². The fourth-order valence-electron chi connectivity index (χ4n) is 3.32. The van der Waals surface area contributed by atoms with Crippen LogP contribution in [0.5, 0.6) is 0 Å². The first-order valence-corrected chi connectivity index (χ1v) is 9.53. The summed E-state index contributed by atoms with van der Waals surface area (Å²) in [4.78, 5) is 18.2. The molecule has 2 amide bonds. The minimum absolute atomic E-state index is 0.181. The van der Waals surface area contributed by atoms with Crippen LogP contribution in [-0.4, -0.2) is 18.2 Å². The number of guanidine groups is 1. The second kappa shape index (κ2) is 7.79. The Hall–Kier alpha value is -3.81. The van der Waals surface area contributed by atoms with Crippen molar-refractivity contribution < 1.29 is 18.0 Å². The van der Waals surface area contributed by atoms with E-state index in [0.717, 1.165) is 10.5 Å². The quantitative estimate of drug-likeness (QED) is 0.591. The number of amides is 2. The lowest BCUT2D eigenvalue weighted by molar-refractivity contribution is -0.195. The zero-order valence-electron chi connectivity index (χ0n) is 16.5. The van der Waals surface area contributed by atoms with Crippen LogP contribution in [-0.2, 0) is 5.66 Å². The van der Waals surface area contributed by atoms with E-state index < -0.39 is 17.9 Å². The number of carbonyl (C=O) groups is 1. The maximum absolute atomic E-state index is 14.4. The van der Waals surface area contributed by atoms with E-state index in [1.165, 1.54) is 12.1 Å². The van der Waals surface area contributed by atoms with Crippen LogP contribution in [0.4, 0.5) is 29.3 Å². The molecule has 2 N–H and O–H groups in total. The molecule has 0 saturated heterocycles. The average Bonchev–Trinajstić information content (AvgIpc) is 2.74. The molecule has 0 bridgehead atoms. The van der Waals surface area contributed by atoms with Crippen LogP contribution in [0.25, 0.3) is 0 Å². The third-order valence-corrected chi connectivity index (χ3v) is 4.90. The van der Waals surface area contributed by atoms with Crippen molar-refractivity contribution in [2.45, 2.75) is 18.8 Å². The van der Waals surface area contributed by atoms with Crippen molar-refractivity contribution >= 4 is 23.4 Å². The summed E-state index contributed by atoms with van der Waals surface area (Å²) < 4.78 is 43.3. The molecule has 0 spiro atoms. The molecule has 1 aliphatic rings. The highest BCUT2D eigenvalue weighted by Gasteiger charge is 2.60. The van der Waals surface area contributed by atoms with Gasteiger partial charge in [0.1, 0.15) is 0 Å². The van der Waals surface area contributed by atoms with Crippen molar-refractivity contribution in [3.05, 3.63) is 96.1 Å². The Morgan fingerprint density at radius 3 is 2.06 bits per heavy atom. The summed E-state index contributed by atoms with van der Waals surface area (Å²) in [6.07, 6.45) is -4.88. The van der Waals surface area contributed by atoms with E-state index in [1.807, 2.05) is 0 Å². The Balaban J connectivity index is 1.91. The summed E-state index contributed by atoms with van der Waals surface area (Å²) in [7, 11) is 0. The number of rotatable bonds is 3. The standard InChI is InChI=1S/C23H19F3N4O/c1-16-12-14-17(15-13-16)22(23(24,25)26)28-20(27-18-8-4-2-5-9-18)30(21(31)29-22)19-10-6-3-7-11-19/h2-15H,1H3,(H,27,28)(H,29,31)/t22-/m0/s1. The number of carbonyl (C=O) groups excluding carboxylic acids is 1. The molecule has 0 radical (unpaired) electrons. The number of alkyl halides is 3. The molecule has 1 aliphatic heterocycles. The Bertz CT molecular complexity index is 1100. The number of hydrogen-bond donors (Lipinski definition) is 2. The summed E-state index contributed by atoms with van der Waals surface area (Å²) in [5, 5.41) is 4.99. The van der Waals surface area contributed by atoms with E-state index in [1.54, 1.807) is 79.7 Å². The molecule has 5 nitrogen and oxygen atoms in total. The highest BCUT2D eigenvalue weighted by Crippen LogP contribution is 2.42. The van der Waals surface area contributed by atoms with Crippen molar-refractivity contribution in [3.63, 3.8) is 0 Å². The molecule has 31 heavy (non-hydrogen) atoms. The number of nitrogens with zero attached hydrogens (tertiary/aromatic N) is 2. The maximum atomic E-state index is 14.4. The van der Waals surface area contributed by atoms with Crippen LogP contribution >= 0.6 is 0 Å². The number of aryl methyl sites for hydroxylation is 1.